The largest absolute Gasteiger partial charge is 0.469 e. The summed E-state index contributed by atoms with van der Waals surface area (Å²) in [5.74, 6) is 1.05. The van der Waals surface area contributed by atoms with Crippen molar-refractivity contribution >= 4 is 0 Å². The summed E-state index contributed by atoms with van der Waals surface area (Å²) in [6.45, 7) is 7.23. The lowest BCUT2D eigenvalue weighted by Gasteiger charge is -2.24. The van der Waals surface area contributed by atoms with E-state index >= 15 is 0 Å². The van der Waals surface area contributed by atoms with Crippen LogP contribution in [0.4, 0.5) is 0 Å². The summed E-state index contributed by atoms with van der Waals surface area (Å²) in [6, 6.07) is 4.76. The Hall–Kier alpha value is -1.59. The predicted octanol–water partition coefficient (Wildman–Crippen LogP) is 3.07. The summed E-state index contributed by atoms with van der Waals surface area (Å²) in [7, 11) is 2.00. The standard InChI is InChI=1S/C18H27N3O2/c1-12(7-8-15-6-5-10-22-15)19-16-9-11-23-18(16)17-13(2)20-21(4)14(17)3/h5-6,10,12,16,18-19H,7-9,11H2,1-4H3/t12-,16+,18+/m1/s1. The molecule has 0 aromatic carbocycles. The summed E-state index contributed by atoms with van der Waals surface area (Å²) in [5.41, 5.74) is 3.53. The molecule has 0 aliphatic carbocycles. The number of ether oxygens (including phenoxy) is 1. The van der Waals surface area contributed by atoms with Crippen LogP contribution in [-0.2, 0) is 18.2 Å². The lowest BCUT2D eigenvalue weighted by Crippen LogP contribution is -2.38. The SMILES string of the molecule is Cc1nn(C)c(C)c1[C@H]1OCC[C@@H]1N[C@H](C)CCc1ccco1. The number of rotatable bonds is 6. The molecule has 5 nitrogen and oxygen atoms in total. The number of nitrogens with one attached hydrogen (secondary N) is 1. The van der Waals surface area contributed by atoms with Crippen molar-refractivity contribution in [3.63, 3.8) is 0 Å². The van der Waals surface area contributed by atoms with Crippen molar-refractivity contribution in [1.29, 1.82) is 0 Å². The van der Waals surface area contributed by atoms with Gasteiger partial charge in [-0.2, -0.15) is 5.10 Å². The van der Waals surface area contributed by atoms with Gasteiger partial charge < -0.3 is 14.5 Å². The van der Waals surface area contributed by atoms with Gasteiger partial charge in [-0.1, -0.05) is 0 Å². The zero-order chi connectivity index (χ0) is 16.4. The van der Waals surface area contributed by atoms with Gasteiger partial charge in [0.2, 0.25) is 0 Å². The normalized spacial score (nSPS) is 22.6. The van der Waals surface area contributed by atoms with Crippen LogP contribution in [0.5, 0.6) is 0 Å². The first-order valence-electron chi connectivity index (χ1n) is 8.46. The molecular formula is C18H27N3O2. The van der Waals surface area contributed by atoms with Crippen LogP contribution in [0, 0.1) is 13.8 Å². The molecule has 23 heavy (non-hydrogen) atoms. The molecule has 0 saturated carbocycles. The summed E-state index contributed by atoms with van der Waals surface area (Å²) < 4.78 is 13.4. The van der Waals surface area contributed by atoms with E-state index in [9.17, 15) is 0 Å². The molecule has 2 aromatic heterocycles. The molecule has 5 heteroatoms. The van der Waals surface area contributed by atoms with Gasteiger partial charge in [-0.15, -0.1) is 0 Å². The van der Waals surface area contributed by atoms with Crippen LogP contribution in [0.25, 0.3) is 0 Å². The van der Waals surface area contributed by atoms with Gasteiger partial charge >= 0.3 is 0 Å². The minimum atomic E-state index is 0.106. The van der Waals surface area contributed by atoms with Gasteiger partial charge in [-0.25, -0.2) is 0 Å². The zero-order valence-electron chi connectivity index (χ0n) is 14.5. The Balaban J connectivity index is 1.62. The molecule has 1 N–H and O–H groups in total. The first kappa shape index (κ1) is 16.3. The molecule has 3 rings (SSSR count). The molecule has 1 aliphatic rings. The van der Waals surface area contributed by atoms with Crippen LogP contribution in [-0.4, -0.2) is 28.5 Å². The molecule has 1 aliphatic heterocycles. The van der Waals surface area contributed by atoms with E-state index in [2.05, 4.69) is 31.2 Å². The van der Waals surface area contributed by atoms with Gasteiger partial charge in [0.15, 0.2) is 0 Å². The number of aromatic nitrogens is 2. The van der Waals surface area contributed by atoms with Gasteiger partial charge in [0.05, 0.1) is 12.0 Å². The third kappa shape index (κ3) is 3.51. The molecule has 2 aromatic rings. The van der Waals surface area contributed by atoms with E-state index in [1.807, 2.05) is 23.9 Å². The van der Waals surface area contributed by atoms with Gasteiger partial charge in [0, 0.05) is 43.4 Å². The molecule has 0 amide bonds. The van der Waals surface area contributed by atoms with E-state index < -0.39 is 0 Å². The lowest BCUT2D eigenvalue weighted by molar-refractivity contribution is 0.0954. The van der Waals surface area contributed by atoms with Gasteiger partial charge in [0.1, 0.15) is 11.9 Å². The van der Waals surface area contributed by atoms with Crippen molar-refractivity contribution in [2.24, 2.45) is 7.05 Å². The number of hydrogen-bond acceptors (Lipinski definition) is 4. The van der Waals surface area contributed by atoms with E-state index in [0.29, 0.717) is 12.1 Å². The van der Waals surface area contributed by atoms with E-state index in [1.165, 1.54) is 11.3 Å². The van der Waals surface area contributed by atoms with Crippen LogP contribution in [0.1, 0.15) is 48.6 Å². The maximum atomic E-state index is 6.04. The second kappa shape index (κ2) is 6.89. The number of aryl methyl sites for hydroxylation is 3. The maximum absolute atomic E-state index is 6.04. The number of nitrogens with zero attached hydrogens (tertiary/aromatic N) is 2. The predicted molar refractivity (Wildman–Crippen MR) is 89.4 cm³/mol. The molecule has 0 radical (unpaired) electrons. The summed E-state index contributed by atoms with van der Waals surface area (Å²) in [5, 5.41) is 8.29. The second-order valence-corrected chi connectivity index (χ2v) is 6.58. The molecular weight excluding hydrogens is 290 g/mol. The average molecular weight is 317 g/mol. The molecule has 0 spiro atoms. The Kier molecular flexibility index (Phi) is 4.87. The van der Waals surface area contributed by atoms with E-state index in [1.54, 1.807) is 6.26 Å². The van der Waals surface area contributed by atoms with E-state index in [-0.39, 0.29) is 6.10 Å². The summed E-state index contributed by atoms with van der Waals surface area (Å²) >= 11 is 0. The van der Waals surface area contributed by atoms with Crippen molar-refractivity contribution in [3.05, 3.63) is 41.1 Å². The first-order chi connectivity index (χ1) is 11.1. The van der Waals surface area contributed by atoms with Gasteiger partial charge in [0.25, 0.3) is 0 Å². The first-order valence-corrected chi connectivity index (χ1v) is 8.46. The summed E-state index contributed by atoms with van der Waals surface area (Å²) in [6.07, 6.45) is 4.91. The third-order valence-electron chi connectivity index (χ3n) is 4.84. The second-order valence-electron chi connectivity index (χ2n) is 6.58. The van der Waals surface area contributed by atoms with Crippen LogP contribution >= 0.6 is 0 Å². The smallest absolute Gasteiger partial charge is 0.103 e. The van der Waals surface area contributed by atoms with E-state index in [0.717, 1.165) is 37.3 Å². The minimum absolute atomic E-state index is 0.106. The molecule has 1 fully saturated rings. The fourth-order valence-corrected chi connectivity index (χ4v) is 3.51. The fraction of sp³-hybridized carbons (Fsp3) is 0.611. The average Bonchev–Trinajstić information content (AvgIpc) is 3.21. The Morgan fingerprint density at radius 3 is 2.91 bits per heavy atom. The van der Waals surface area contributed by atoms with Crippen LogP contribution in [0.2, 0.25) is 0 Å². The monoisotopic (exact) mass is 317 g/mol. The minimum Gasteiger partial charge on any atom is -0.469 e. The highest BCUT2D eigenvalue weighted by molar-refractivity contribution is 5.29. The van der Waals surface area contributed by atoms with Gasteiger partial charge in [-0.3, -0.25) is 4.68 Å². The van der Waals surface area contributed by atoms with Crippen molar-refractivity contribution in [3.8, 4) is 0 Å². The number of hydrogen-bond donors (Lipinski definition) is 1. The van der Waals surface area contributed by atoms with Crippen LogP contribution in [0.3, 0.4) is 0 Å². The van der Waals surface area contributed by atoms with Crippen molar-refractivity contribution in [2.45, 2.75) is 58.2 Å². The molecule has 3 heterocycles. The van der Waals surface area contributed by atoms with Crippen molar-refractivity contribution in [1.82, 2.24) is 15.1 Å². The molecule has 126 valence electrons. The molecule has 0 bridgehead atoms. The zero-order valence-corrected chi connectivity index (χ0v) is 14.5. The van der Waals surface area contributed by atoms with Crippen molar-refractivity contribution in [2.75, 3.05) is 6.61 Å². The third-order valence-corrected chi connectivity index (χ3v) is 4.84. The molecule has 3 atom stereocenters. The Bertz CT molecular complexity index is 633. The maximum Gasteiger partial charge on any atom is 0.103 e. The fourth-order valence-electron chi connectivity index (χ4n) is 3.51. The quantitative estimate of drug-likeness (QED) is 0.889. The molecule has 1 saturated heterocycles. The Labute approximate surface area is 138 Å². The topological polar surface area (TPSA) is 52.2 Å². The van der Waals surface area contributed by atoms with Gasteiger partial charge in [-0.05, 0) is 45.7 Å². The highest BCUT2D eigenvalue weighted by atomic mass is 16.5. The van der Waals surface area contributed by atoms with Crippen molar-refractivity contribution < 1.29 is 9.15 Å². The highest BCUT2D eigenvalue weighted by Crippen LogP contribution is 2.33. The highest BCUT2D eigenvalue weighted by Gasteiger charge is 2.34. The van der Waals surface area contributed by atoms with Crippen LogP contribution < -0.4 is 5.32 Å². The van der Waals surface area contributed by atoms with E-state index in [4.69, 9.17) is 9.15 Å². The van der Waals surface area contributed by atoms with Crippen LogP contribution in [0.15, 0.2) is 22.8 Å². The Morgan fingerprint density at radius 1 is 1.43 bits per heavy atom. The molecule has 0 unspecified atom stereocenters. The summed E-state index contributed by atoms with van der Waals surface area (Å²) in [4.78, 5) is 0. The Morgan fingerprint density at radius 2 is 2.26 bits per heavy atom. The number of furan rings is 1. The lowest BCUT2D eigenvalue weighted by atomic mass is 9.99.